The zero-order chi connectivity index (χ0) is 21.4. The van der Waals surface area contributed by atoms with Gasteiger partial charge in [-0.05, 0) is 84.5 Å². The fourth-order valence-electron chi connectivity index (χ4n) is 4.30. The number of carbonyl (C=O) groups excluding carboxylic acids is 1. The number of nitrogens with zero attached hydrogens (tertiary/aromatic N) is 3. The van der Waals surface area contributed by atoms with Crippen LogP contribution in [0.2, 0.25) is 0 Å². The van der Waals surface area contributed by atoms with Crippen molar-refractivity contribution in [1.29, 1.82) is 5.26 Å². The van der Waals surface area contributed by atoms with Crippen molar-refractivity contribution in [3.63, 3.8) is 0 Å². The highest BCUT2D eigenvalue weighted by Crippen LogP contribution is 2.28. The lowest BCUT2D eigenvalue weighted by molar-refractivity contribution is 0.0746. The molecule has 152 valence electrons. The van der Waals surface area contributed by atoms with Crippen molar-refractivity contribution in [2.24, 2.45) is 0 Å². The molecule has 0 bridgehead atoms. The number of rotatable bonds is 2. The molecule has 0 radical (unpaired) electrons. The summed E-state index contributed by atoms with van der Waals surface area (Å²) < 4.78 is 0. The van der Waals surface area contributed by atoms with E-state index in [1.54, 1.807) is 24.3 Å². The second kappa shape index (κ2) is 7.73. The van der Waals surface area contributed by atoms with Gasteiger partial charge in [0.25, 0.3) is 5.91 Å². The van der Waals surface area contributed by atoms with E-state index in [0.717, 1.165) is 47.4 Å². The Morgan fingerprint density at radius 1 is 1.03 bits per heavy atom. The van der Waals surface area contributed by atoms with Gasteiger partial charge >= 0.3 is 0 Å². The van der Waals surface area contributed by atoms with Crippen LogP contribution in [0.25, 0.3) is 22.2 Å². The Kier molecular flexibility index (Phi) is 4.76. The molecule has 31 heavy (non-hydrogen) atoms. The largest absolute Gasteiger partial charge is 0.342 e. The molecule has 4 aromatic rings. The van der Waals surface area contributed by atoms with E-state index in [0.29, 0.717) is 17.7 Å². The third-order valence-corrected chi connectivity index (χ3v) is 5.92. The molecule has 5 nitrogen and oxygen atoms in total. The van der Waals surface area contributed by atoms with Crippen molar-refractivity contribution in [2.45, 2.75) is 26.3 Å². The minimum absolute atomic E-state index is 0.0103. The van der Waals surface area contributed by atoms with Gasteiger partial charge in [-0.25, -0.2) is 4.98 Å². The number of aryl methyl sites for hydroxylation is 2. The van der Waals surface area contributed by atoms with Crippen LogP contribution in [0.4, 0.5) is 0 Å². The molecule has 0 unspecified atom stereocenters. The molecule has 1 aliphatic heterocycles. The lowest BCUT2D eigenvalue weighted by Crippen LogP contribution is -2.30. The first-order valence-corrected chi connectivity index (χ1v) is 10.5. The standard InChI is InChI=1S/C26H22N4O/c1-17-28-24-11-10-22(14-25(24)29-17)21-9-8-19-3-2-12-30(16-23(19)13-21)26(31)20-6-4-18(15-27)5-7-20/h4-11,13-14H,2-3,12,16H2,1H3,(H,28,29). The highest BCUT2D eigenvalue weighted by Gasteiger charge is 2.21. The number of fused-ring (bicyclic) bond motifs is 2. The molecule has 0 spiro atoms. The first-order valence-electron chi connectivity index (χ1n) is 10.5. The van der Waals surface area contributed by atoms with Crippen LogP contribution >= 0.6 is 0 Å². The zero-order valence-electron chi connectivity index (χ0n) is 17.4. The van der Waals surface area contributed by atoms with Gasteiger partial charge < -0.3 is 9.88 Å². The van der Waals surface area contributed by atoms with E-state index < -0.39 is 0 Å². The predicted molar refractivity (Wildman–Crippen MR) is 120 cm³/mol. The lowest BCUT2D eigenvalue weighted by Gasteiger charge is -2.21. The predicted octanol–water partition coefficient (Wildman–Crippen LogP) is 5.00. The number of nitriles is 1. The molecule has 2 heterocycles. The average Bonchev–Trinajstić information content (AvgIpc) is 3.04. The van der Waals surface area contributed by atoms with Gasteiger partial charge in [-0.3, -0.25) is 4.79 Å². The van der Waals surface area contributed by atoms with Crippen molar-refractivity contribution in [1.82, 2.24) is 14.9 Å². The fraction of sp³-hybridized carbons (Fsp3) is 0.192. The molecular formula is C26H22N4O. The van der Waals surface area contributed by atoms with Crippen LogP contribution in [0, 0.1) is 18.3 Å². The summed E-state index contributed by atoms with van der Waals surface area (Å²) in [7, 11) is 0. The van der Waals surface area contributed by atoms with Crippen LogP contribution in [-0.4, -0.2) is 27.3 Å². The maximum absolute atomic E-state index is 13.1. The maximum atomic E-state index is 13.1. The van der Waals surface area contributed by atoms with Gasteiger partial charge in [0.1, 0.15) is 5.82 Å². The number of amides is 1. The van der Waals surface area contributed by atoms with Crippen molar-refractivity contribution in [2.75, 3.05) is 6.54 Å². The van der Waals surface area contributed by atoms with E-state index in [2.05, 4.69) is 52.4 Å². The van der Waals surface area contributed by atoms with Gasteiger partial charge in [0, 0.05) is 18.7 Å². The molecule has 0 fully saturated rings. The normalized spacial score (nSPS) is 13.5. The van der Waals surface area contributed by atoms with Crippen LogP contribution < -0.4 is 0 Å². The smallest absolute Gasteiger partial charge is 0.254 e. The number of carbonyl (C=O) groups is 1. The number of benzene rings is 3. The van der Waals surface area contributed by atoms with E-state index in [-0.39, 0.29) is 5.91 Å². The number of aromatic amines is 1. The molecule has 0 saturated heterocycles. The molecule has 1 aromatic heterocycles. The first-order chi connectivity index (χ1) is 15.1. The van der Waals surface area contributed by atoms with Gasteiger partial charge in [0.2, 0.25) is 0 Å². The lowest BCUT2D eigenvalue weighted by atomic mass is 9.97. The van der Waals surface area contributed by atoms with Gasteiger partial charge in [0.15, 0.2) is 0 Å². The molecule has 0 saturated carbocycles. The number of nitrogens with one attached hydrogen (secondary N) is 1. The first kappa shape index (κ1) is 19.1. The van der Waals surface area contributed by atoms with Gasteiger partial charge in [-0.15, -0.1) is 0 Å². The molecular weight excluding hydrogens is 384 g/mol. The molecule has 1 N–H and O–H groups in total. The average molecular weight is 406 g/mol. The van der Waals surface area contributed by atoms with E-state index in [1.165, 1.54) is 11.1 Å². The summed E-state index contributed by atoms with van der Waals surface area (Å²) in [6.45, 7) is 3.27. The Labute approximate surface area is 181 Å². The van der Waals surface area contributed by atoms with Crippen LogP contribution in [-0.2, 0) is 13.0 Å². The Morgan fingerprint density at radius 2 is 1.81 bits per heavy atom. The van der Waals surface area contributed by atoms with Gasteiger partial charge in [-0.2, -0.15) is 5.26 Å². The Hall–Kier alpha value is -3.91. The quantitative estimate of drug-likeness (QED) is 0.509. The summed E-state index contributed by atoms with van der Waals surface area (Å²) in [5.74, 6) is 0.919. The number of aromatic nitrogens is 2. The Bertz CT molecular complexity index is 1330. The summed E-state index contributed by atoms with van der Waals surface area (Å²) in [6.07, 6.45) is 1.90. The van der Waals surface area contributed by atoms with Crippen molar-refractivity contribution in [3.8, 4) is 17.2 Å². The monoisotopic (exact) mass is 406 g/mol. The van der Waals surface area contributed by atoms with Gasteiger partial charge in [-0.1, -0.05) is 18.2 Å². The minimum Gasteiger partial charge on any atom is -0.342 e. The van der Waals surface area contributed by atoms with Crippen molar-refractivity contribution < 1.29 is 4.79 Å². The third-order valence-electron chi connectivity index (χ3n) is 5.92. The fourth-order valence-corrected chi connectivity index (χ4v) is 4.30. The molecule has 1 amide bonds. The molecule has 0 atom stereocenters. The summed E-state index contributed by atoms with van der Waals surface area (Å²) >= 11 is 0. The second-order valence-corrected chi connectivity index (χ2v) is 8.06. The zero-order valence-corrected chi connectivity index (χ0v) is 17.4. The molecule has 3 aromatic carbocycles. The van der Waals surface area contributed by atoms with E-state index in [4.69, 9.17) is 5.26 Å². The van der Waals surface area contributed by atoms with Crippen LogP contribution in [0.1, 0.15) is 39.3 Å². The molecule has 0 aliphatic carbocycles. The summed E-state index contributed by atoms with van der Waals surface area (Å²) in [5.41, 5.74) is 7.93. The molecule has 1 aliphatic rings. The van der Waals surface area contributed by atoms with Crippen molar-refractivity contribution in [3.05, 3.63) is 88.7 Å². The maximum Gasteiger partial charge on any atom is 0.254 e. The second-order valence-electron chi connectivity index (χ2n) is 8.06. The molecule has 5 rings (SSSR count). The highest BCUT2D eigenvalue weighted by atomic mass is 16.2. The number of H-pyrrole nitrogens is 1. The van der Waals surface area contributed by atoms with Crippen molar-refractivity contribution >= 4 is 16.9 Å². The van der Waals surface area contributed by atoms with Gasteiger partial charge in [0.05, 0.1) is 22.7 Å². The SMILES string of the molecule is Cc1nc2cc(-c3ccc4c(c3)CN(C(=O)c3ccc(C#N)cc3)CCC4)ccc2[nH]1. The Balaban J connectivity index is 1.45. The van der Waals surface area contributed by atoms with E-state index >= 15 is 0 Å². The number of hydrogen-bond donors (Lipinski definition) is 1. The summed E-state index contributed by atoms with van der Waals surface area (Å²) in [4.78, 5) is 22.8. The van der Waals surface area contributed by atoms with Crippen LogP contribution in [0.5, 0.6) is 0 Å². The third kappa shape index (κ3) is 3.69. The van der Waals surface area contributed by atoms with Crippen LogP contribution in [0.3, 0.4) is 0 Å². The number of imidazole rings is 1. The highest BCUT2D eigenvalue weighted by molar-refractivity contribution is 5.94. The Morgan fingerprint density at radius 3 is 2.61 bits per heavy atom. The van der Waals surface area contributed by atoms with Crippen LogP contribution in [0.15, 0.2) is 60.7 Å². The topological polar surface area (TPSA) is 72.8 Å². The van der Waals surface area contributed by atoms with E-state index in [1.807, 2.05) is 11.8 Å². The summed E-state index contributed by atoms with van der Waals surface area (Å²) in [6, 6.07) is 21.8. The van der Waals surface area contributed by atoms with E-state index in [9.17, 15) is 4.79 Å². The number of hydrogen-bond acceptors (Lipinski definition) is 3. The minimum atomic E-state index is 0.0103. The molecule has 5 heteroatoms. The summed E-state index contributed by atoms with van der Waals surface area (Å²) in [5, 5.41) is 8.99.